The molecule has 6 rings (SSSR count). The zero-order chi connectivity index (χ0) is 23.9. The van der Waals surface area contributed by atoms with Crippen molar-refractivity contribution in [2.24, 2.45) is 0 Å². The fraction of sp³-hybridized carbons (Fsp3) is 0.375. The number of likely N-dealkylation sites (tertiary alicyclic amines) is 1. The lowest BCUT2D eigenvalue weighted by molar-refractivity contribution is 0.0713. The first-order chi connectivity index (χ1) is 17.1. The van der Waals surface area contributed by atoms with Crippen molar-refractivity contribution in [2.75, 3.05) is 24.5 Å². The normalized spacial score (nSPS) is 19.1. The number of aromatic nitrogens is 6. The highest BCUT2D eigenvalue weighted by atomic mass is 19.1. The second-order valence-corrected chi connectivity index (χ2v) is 9.11. The lowest BCUT2D eigenvalue weighted by atomic mass is 9.95. The highest BCUT2D eigenvalue weighted by molar-refractivity contribution is 6.06. The van der Waals surface area contributed by atoms with Gasteiger partial charge in [-0.3, -0.25) is 4.79 Å². The van der Waals surface area contributed by atoms with Crippen LogP contribution in [0.25, 0.3) is 5.52 Å². The number of amides is 1. The number of nitrogens with zero attached hydrogens (tertiary/aromatic N) is 7. The number of halogens is 2. The Hall–Kier alpha value is -3.89. The first-order valence-corrected chi connectivity index (χ1v) is 11.8. The van der Waals surface area contributed by atoms with Crippen molar-refractivity contribution in [3.8, 4) is 0 Å². The number of rotatable bonds is 4. The van der Waals surface area contributed by atoms with Gasteiger partial charge in [0.2, 0.25) is 0 Å². The fourth-order valence-corrected chi connectivity index (χ4v) is 5.45. The average molecular weight is 479 g/mol. The summed E-state index contributed by atoms with van der Waals surface area (Å²) in [5.74, 6) is -0.0808. The molecule has 0 radical (unpaired) electrons. The molecule has 3 aromatic heterocycles. The quantitative estimate of drug-likeness (QED) is 0.483. The number of carbonyl (C=O) groups excluding carboxylic acids is 1. The third-order valence-corrected chi connectivity index (χ3v) is 7.18. The number of H-pyrrole nitrogens is 1. The van der Waals surface area contributed by atoms with Crippen molar-refractivity contribution in [2.45, 2.75) is 37.6 Å². The molecule has 1 N–H and O–H groups in total. The van der Waals surface area contributed by atoms with Crippen LogP contribution >= 0.6 is 0 Å². The zero-order valence-corrected chi connectivity index (χ0v) is 18.9. The Morgan fingerprint density at radius 2 is 1.91 bits per heavy atom. The van der Waals surface area contributed by atoms with Crippen molar-refractivity contribution in [1.29, 1.82) is 0 Å². The summed E-state index contributed by atoms with van der Waals surface area (Å²) in [4.78, 5) is 17.8. The standard InChI is InChI=1S/C24H24F2N8O/c25-16-3-4-18(26)17(14-16)19-2-1-10-33(19)20-8-13-34-21(5-9-27-34)22(20)24(35)32-11-6-15(7-12-32)23-28-30-31-29-23/h3-5,8-9,13-15,19H,1-2,6-7,10-12H2,(H,28,29,30,31)/t19-/m1/s1. The van der Waals surface area contributed by atoms with Gasteiger partial charge in [-0.15, -0.1) is 5.10 Å². The number of hydrogen-bond donors (Lipinski definition) is 1. The third kappa shape index (κ3) is 3.80. The van der Waals surface area contributed by atoms with E-state index in [-0.39, 0.29) is 17.9 Å². The van der Waals surface area contributed by atoms with Crippen LogP contribution in [0, 0.1) is 11.6 Å². The number of piperidine rings is 1. The SMILES string of the molecule is O=C(c1c(N2CCC[C@@H]2c2cc(F)ccc2F)ccn2nccc12)N1CCC(c2nnn[nH]2)CC1. The summed E-state index contributed by atoms with van der Waals surface area (Å²) in [6.07, 6.45) is 6.46. The van der Waals surface area contributed by atoms with Crippen molar-refractivity contribution in [3.63, 3.8) is 0 Å². The Balaban J connectivity index is 1.35. The van der Waals surface area contributed by atoms with Gasteiger partial charge in [-0.2, -0.15) is 5.10 Å². The number of fused-ring (bicyclic) bond motifs is 1. The molecule has 180 valence electrons. The van der Waals surface area contributed by atoms with E-state index in [2.05, 4.69) is 25.7 Å². The maximum atomic E-state index is 14.7. The predicted molar refractivity (Wildman–Crippen MR) is 123 cm³/mol. The van der Waals surface area contributed by atoms with E-state index in [1.807, 2.05) is 28.1 Å². The van der Waals surface area contributed by atoms with Crippen LogP contribution in [0.3, 0.4) is 0 Å². The number of benzene rings is 1. The van der Waals surface area contributed by atoms with Gasteiger partial charge in [-0.05, 0) is 66.4 Å². The van der Waals surface area contributed by atoms with E-state index in [0.29, 0.717) is 42.7 Å². The van der Waals surface area contributed by atoms with E-state index < -0.39 is 11.6 Å². The molecule has 1 aromatic carbocycles. The molecule has 4 aromatic rings. The number of anilines is 1. The summed E-state index contributed by atoms with van der Waals surface area (Å²) >= 11 is 0. The first kappa shape index (κ1) is 21.6. The van der Waals surface area contributed by atoms with Crippen LogP contribution in [0.2, 0.25) is 0 Å². The molecule has 9 nitrogen and oxygen atoms in total. The van der Waals surface area contributed by atoms with Crippen LogP contribution in [0.4, 0.5) is 14.5 Å². The van der Waals surface area contributed by atoms with Gasteiger partial charge in [0.1, 0.15) is 11.6 Å². The van der Waals surface area contributed by atoms with Gasteiger partial charge in [0.15, 0.2) is 5.82 Å². The topological polar surface area (TPSA) is 95.3 Å². The first-order valence-electron chi connectivity index (χ1n) is 11.8. The molecular weight excluding hydrogens is 454 g/mol. The summed E-state index contributed by atoms with van der Waals surface area (Å²) in [5, 5.41) is 18.5. The van der Waals surface area contributed by atoms with Crippen molar-refractivity contribution in [3.05, 3.63) is 71.3 Å². The molecule has 1 amide bonds. The summed E-state index contributed by atoms with van der Waals surface area (Å²) in [5.41, 5.74) is 2.26. The zero-order valence-electron chi connectivity index (χ0n) is 18.9. The maximum absolute atomic E-state index is 14.7. The smallest absolute Gasteiger partial charge is 0.258 e. The van der Waals surface area contributed by atoms with E-state index >= 15 is 0 Å². The minimum atomic E-state index is -0.472. The van der Waals surface area contributed by atoms with Crippen molar-refractivity contribution >= 4 is 17.1 Å². The number of hydrogen-bond acceptors (Lipinski definition) is 6. The van der Waals surface area contributed by atoms with Gasteiger partial charge in [0, 0.05) is 37.3 Å². The maximum Gasteiger partial charge on any atom is 0.258 e. The van der Waals surface area contributed by atoms with Gasteiger partial charge in [-0.1, -0.05) is 0 Å². The number of aromatic amines is 1. The Morgan fingerprint density at radius 1 is 1.06 bits per heavy atom. The highest BCUT2D eigenvalue weighted by Crippen LogP contribution is 2.40. The predicted octanol–water partition coefficient (Wildman–Crippen LogP) is 3.49. The Bertz CT molecular complexity index is 1360. The molecule has 2 aliphatic heterocycles. The fourth-order valence-electron chi connectivity index (χ4n) is 5.45. The minimum Gasteiger partial charge on any atom is -0.364 e. The summed E-state index contributed by atoms with van der Waals surface area (Å²) in [6, 6.07) is 6.88. The van der Waals surface area contributed by atoms with Crippen LogP contribution in [-0.4, -0.2) is 60.7 Å². The molecule has 0 aliphatic carbocycles. The van der Waals surface area contributed by atoms with Crippen LogP contribution in [-0.2, 0) is 0 Å². The summed E-state index contributed by atoms with van der Waals surface area (Å²) < 4.78 is 30.4. The second kappa shape index (κ2) is 8.71. The van der Waals surface area contributed by atoms with Crippen LogP contribution in [0.1, 0.15) is 59.4 Å². The molecule has 1 atom stereocenters. The molecule has 35 heavy (non-hydrogen) atoms. The van der Waals surface area contributed by atoms with E-state index in [1.54, 1.807) is 10.7 Å². The molecule has 11 heteroatoms. The average Bonchev–Trinajstić information content (AvgIpc) is 3.66. The third-order valence-electron chi connectivity index (χ3n) is 7.18. The van der Waals surface area contributed by atoms with Crippen LogP contribution < -0.4 is 4.90 Å². The highest BCUT2D eigenvalue weighted by Gasteiger charge is 2.34. The summed E-state index contributed by atoms with van der Waals surface area (Å²) in [7, 11) is 0. The van der Waals surface area contributed by atoms with Gasteiger partial charge >= 0.3 is 0 Å². The van der Waals surface area contributed by atoms with E-state index in [1.165, 1.54) is 12.1 Å². The molecule has 2 saturated heterocycles. The lowest BCUT2D eigenvalue weighted by Gasteiger charge is -2.34. The second-order valence-electron chi connectivity index (χ2n) is 9.11. The Morgan fingerprint density at radius 3 is 2.71 bits per heavy atom. The molecule has 0 spiro atoms. The number of pyridine rings is 1. The van der Waals surface area contributed by atoms with Crippen molar-refractivity contribution < 1.29 is 13.6 Å². The van der Waals surface area contributed by atoms with Crippen LogP contribution in [0.5, 0.6) is 0 Å². The van der Waals surface area contributed by atoms with Gasteiger partial charge in [0.25, 0.3) is 5.91 Å². The molecule has 2 aliphatic rings. The van der Waals surface area contributed by atoms with E-state index in [9.17, 15) is 13.6 Å². The molecular formula is C24H24F2N8O. The number of nitrogens with one attached hydrogen (secondary N) is 1. The lowest BCUT2D eigenvalue weighted by Crippen LogP contribution is -2.39. The Kier molecular flexibility index (Phi) is 5.39. The summed E-state index contributed by atoms with van der Waals surface area (Å²) in [6.45, 7) is 1.79. The van der Waals surface area contributed by atoms with E-state index in [0.717, 1.165) is 36.8 Å². The largest absolute Gasteiger partial charge is 0.364 e. The molecule has 5 heterocycles. The Labute approximate surface area is 199 Å². The molecule has 0 bridgehead atoms. The van der Waals surface area contributed by atoms with Gasteiger partial charge in [0.05, 0.1) is 29.0 Å². The monoisotopic (exact) mass is 478 g/mol. The van der Waals surface area contributed by atoms with E-state index in [4.69, 9.17) is 0 Å². The molecule has 0 saturated carbocycles. The number of carbonyl (C=O) groups is 1. The minimum absolute atomic E-state index is 0.0920. The van der Waals surface area contributed by atoms with Crippen molar-refractivity contribution in [1.82, 2.24) is 35.1 Å². The van der Waals surface area contributed by atoms with Gasteiger partial charge in [-0.25, -0.2) is 18.4 Å². The van der Waals surface area contributed by atoms with Crippen LogP contribution in [0.15, 0.2) is 42.7 Å². The van der Waals surface area contributed by atoms with Gasteiger partial charge < -0.3 is 9.80 Å². The number of tetrazole rings is 1. The molecule has 2 fully saturated rings. The molecule has 0 unspecified atom stereocenters.